The zero-order valence-corrected chi connectivity index (χ0v) is 14.8. The quantitative estimate of drug-likeness (QED) is 0.529. The first kappa shape index (κ1) is 17.6. The number of furan rings is 1. The van der Waals surface area contributed by atoms with Crippen molar-refractivity contribution in [2.75, 3.05) is 0 Å². The number of allylic oxidation sites excluding steroid dienone is 1. The van der Waals surface area contributed by atoms with Crippen LogP contribution in [-0.2, 0) is 6.42 Å². The average molecular weight is 347 g/mol. The maximum absolute atomic E-state index is 12.6. The van der Waals surface area contributed by atoms with E-state index in [0.29, 0.717) is 11.5 Å². The van der Waals surface area contributed by atoms with Crippen molar-refractivity contribution < 1.29 is 9.21 Å². The molecule has 0 atom stereocenters. The van der Waals surface area contributed by atoms with E-state index in [4.69, 9.17) is 4.42 Å². The van der Waals surface area contributed by atoms with Gasteiger partial charge in [0, 0.05) is 17.3 Å². The molecule has 0 aliphatic rings. The Labute approximate surface area is 152 Å². The van der Waals surface area contributed by atoms with Gasteiger partial charge < -0.3 is 4.42 Å². The topological polar surface area (TPSA) is 67.5 Å². The molecule has 0 bridgehead atoms. The normalized spacial score (nSPS) is 11.8. The number of hydrogen-bond acceptors (Lipinski definition) is 4. The summed E-state index contributed by atoms with van der Waals surface area (Å²) in [6.07, 6.45) is 7.40. The number of rotatable bonds is 6. The van der Waals surface area contributed by atoms with Gasteiger partial charge in [0.15, 0.2) is 0 Å². The summed E-state index contributed by atoms with van der Waals surface area (Å²) in [5, 5.41) is 4.79. The maximum Gasteiger partial charge on any atom is 0.272 e. The van der Waals surface area contributed by atoms with Gasteiger partial charge in [0.25, 0.3) is 5.91 Å². The van der Waals surface area contributed by atoms with Gasteiger partial charge in [-0.2, -0.15) is 5.10 Å². The highest BCUT2D eigenvalue weighted by Gasteiger charge is 2.13. The molecule has 0 aliphatic heterocycles. The predicted molar refractivity (Wildman–Crippen MR) is 104 cm³/mol. The van der Waals surface area contributed by atoms with Gasteiger partial charge in [-0.25, -0.2) is 5.43 Å². The summed E-state index contributed by atoms with van der Waals surface area (Å²) in [6, 6.07) is 13.1. The van der Waals surface area contributed by atoms with E-state index in [1.807, 2.05) is 42.5 Å². The number of amides is 1. The van der Waals surface area contributed by atoms with Crippen LogP contribution in [-0.4, -0.2) is 17.1 Å². The minimum atomic E-state index is -0.253. The van der Waals surface area contributed by atoms with Crippen molar-refractivity contribution in [1.29, 1.82) is 0 Å². The molecule has 2 aromatic heterocycles. The number of benzene rings is 1. The molecule has 0 fully saturated rings. The molecule has 1 amide bonds. The van der Waals surface area contributed by atoms with Crippen molar-refractivity contribution in [3.63, 3.8) is 0 Å². The van der Waals surface area contributed by atoms with E-state index in [-0.39, 0.29) is 5.91 Å². The molecule has 3 rings (SSSR count). The first-order valence-electron chi connectivity index (χ1n) is 8.55. The summed E-state index contributed by atoms with van der Waals surface area (Å²) in [6.45, 7) is 4.26. The molecule has 0 aliphatic carbocycles. The Kier molecular flexibility index (Phi) is 5.59. The lowest BCUT2D eigenvalue weighted by atomic mass is 10.0. The zero-order chi connectivity index (χ0) is 18.4. The summed E-state index contributed by atoms with van der Waals surface area (Å²) in [5.74, 6) is 0.932. The van der Waals surface area contributed by atoms with Crippen molar-refractivity contribution in [3.8, 4) is 0 Å². The number of pyridine rings is 1. The number of carbonyl (C=O) groups excluding carboxylic acids is 1. The van der Waals surface area contributed by atoms with E-state index < -0.39 is 0 Å². The Balaban J connectivity index is 1.78. The highest BCUT2D eigenvalue weighted by molar-refractivity contribution is 6.06. The Hall–Kier alpha value is -3.21. The summed E-state index contributed by atoms with van der Waals surface area (Å²) in [5.41, 5.74) is 4.88. The Morgan fingerprint density at radius 2 is 2.12 bits per heavy atom. The number of nitrogens with zero attached hydrogens (tertiary/aromatic N) is 2. The molecular formula is C21H21N3O2. The fourth-order valence-corrected chi connectivity index (χ4v) is 2.66. The van der Waals surface area contributed by atoms with Crippen LogP contribution in [0, 0.1) is 5.92 Å². The predicted octanol–water partition coefficient (Wildman–Crippen LogP) is 4.46. The molecule has 26 heavy (non-hydrogen) atoms. The van der Waals surface area contributed by atoms with Crippen LogP contribution in [0.1, 0.15) is 35.7 Å². The molecule has 0 saturated heterocycles. The van der Waals surface area contributed by atoms with Gasteiger partial charge >= 0.3 is 0 Å². The van der Waals surface area contributed by atoms with E-state index in [0.717, 1.165) is 28.8 Å². The van der Waals surface area contributed by atoms with Crippen LogP contribution in [0.3, 0.4) is 0 Å². The molecule has 2 heterocycles. The van der Waals surface area contributed by atoms with E-state index >= 15 is 0 Å². The van der Waals surface area contributed by atoms with Crippen LogP contribution >= 0.6 is 0 Å². The van der Waals surface area contributed by atoms with Gasteiger partial charge in [-0.3, -0.25) is 9.78 Å². The number of nitrogens with one attached hydrogen (secondary N) is 1. The average Bonchev–Trinajstić information content (AvgIpc) is 3.13. The minimum Gasteiger partial charge on any atom is -0.465 e. The third-order valence-electron chi connectivity index (χ3n) is 3.76. The second-order valence-corrected chi connectivity index (χ2v) is 6.37. The molecule has 0 spiro atoms. The number of aromatic nitrogens is 1. The monoisotopic (exact) mass is 347 g/mol. The Morgan fingerprint density at radius 1 is 1.27 bits per heavy atom. The van der Waals surface area contributed by atoms with Gasteiger partial charge in [-0.05, 0) is 48.8 Å². The number of hydrogen-bond donors (Lipinski definition) is 1. The molecule has 132 valence electrons. The van der Waals surface area contributed by atoms with Gasteiger partial charge in [0.2, 0.25) is 0 Å². The second kappa shape index (κ2) is 8.25. The van der Waals surface area contributed by atoms with Gasteiger partial charge in [0.1, 0.15) is 5.76 Å². The number of carbonyl (C=O) groups is 1. The largest absolute Gasteiger partial charge is 0.465 e. The maximum atomic E-state index is 12.6. The lowest BCUT2D eigenvalue weighted by molar-refractivity contribution is 0.0956. The summed E-state index contributed by atoms with van der Waals surface area (Å²) >= 11 is 0. The fraction of sp³-hybridized carbons (Fsp3) is 0.190. The van der Waals surface area contributed by atoms with Crippen LogP contribution < -0.4 is 5.43 Å². The van der Waals surface area contributed by atoms with Crippen LogP contribution in [0.4, 0.5) is 0 Å². The lowest BCUT2D eigenvalue weighted by Gasteiger charge is -2.10. The van der Waals surface area contributed by atoms with Crippen molar-refractivity contribution >= 4 is 29.1 Å². The molecule has 3 aromatic rings. The first-order valence-corrected chi connectivity index (χ1v) is 8.55. The van der Waals surface area contributed by atoms with Crippen molar-refractivity contribution in [3.05, 3.63) is 71.8 Å². The van der Waals surface area contributed by atoms with Crippen molar-refractivity contribution in [2.24, 2.45) is 11.0 Å². The smallest absolute Gasteiger partial charge is 0.272 e. The molecule has 0 saturated carbocycles. The fourth-order valence-electron chi connectivity index (χ4n) is 2.66. The molecule has 0 unspecified atom stereocenters. The zero-order valence-electron chi connectivity index (χ0n) is 14.8. The minimum absolute atomic E-state index is 0.253. The summed E-state index contributed by atoms with van der Waals surface area (Å²) in [4.78, 5) is 17.2. The van der Waals surface area contributed by atoms with E-state index in [2.05, 4.69) is 29.4 Å². The van der Waals surface area contributed by atoms with Crippen molar-refractivity contribution in [2.45, 2.75) is 20.3 Å². The molecule has 1 aromatic carbocycles. The molecule has 1 N–H and O–H groups in total. The molecule has 5 nitrogen and oxygen atoms in total. The summed E-state index contributed by atoms with van der Waals surface area (Å²) < 4.78 is 5.18. The first-order chi connectivity index (χ1) is 12.6. The van der Waals surface area contributed by atoms with E-state index in [1.54, 1.807) is 18.4 Å². The lowest BCUT2D eigenvalue weighted by Crippen LogP contribution is -2.18. The van der Waals surface area contributed by atoms with Gasteiger partial charge in [-0.15, -0.1) is 0 Å². The molecule has 0 radical (unpaired) electrons. The van der Waals surface area contributed by atoms with Crippen LogP contribution in [0.25, 0.3) is 17.0 Å². The van der Waals surface area contributed by atoms with E-state index in [1.165, 1.54) is 6.21 Å². The van der Waals surface area contributed by atoms with Crippen LogP contribution in [0.5, 0.6) is 0 Å². The SMILES string of the molecule is CC(C)Cc1cc(C(=O)NN=CC=Cc2ccco2)c2ccccc2n1. The summed E-state index contributed by atoms with van der Waals surface area (Å²) in [7, 11) is 0. The standard InChI is InChI=1S/C21H21N3O2/c1-15(2)13-16-14-19(18-9-3-4-10-20(18)23-16)21(25)24-22-11-5-7-17-8-6-12-26-17/h3-12,14-15H,13H2,1-2H3,(H,24,25). The highest BCUT2D eigenvalue weighted by atomic mass is 16.3. The highest BCUT2D eigenvalue weighted by Crippen LogP contribution is 2.20. The molecule has 5 heteroatoms. The second-order valence-electron chi connectivity index (χ2n) is 6.37. The van der Waals surface area contributed by atoms with E-state index in [9.17, 15) is 4.79 Å². The Bertz CT molecular complexity index is 941. The third-order valence-corrected chi connectivity index (χ3v) is 3.76. The molecular weight excluding hydrogens is 326 g/mol. The van der Waals surface area contributed by atoms with Crippen LogP contribution in [0.15, 0.2) is 64.3 Å². The van der Waals surface area contributed by atoms with Gasteiger partial charge in [0.05, 0.1) is 17.3 Å². The van der Waals surface area contributed by atoms with Gasteiger partial charge in [-0.1, -0.05) is 32.0 Å². The van der Waals surface area contributed by atoms with Crippen LogP contribution in [0.2, 0.25) is 0 Å². The number of hydrazone groups is 1. The van der Waals surface area contributed by atoms with Crippen molar-refractivity contribution in [1.82, 2.24) is 10.4 Å². The number of fused-ring (bicyclic) bond motifs is 1. The number of para-hydroxylation sites is 1. The Morgan fingerprint density at radius 3 is 2.88 bits per heavy atom. The third kappa shape index (κ3) is 4.45.